The number of hydrogen-bond acceptors (Lipinski definition) is 6. The van der Waals surface area contributed by atoms with Crippen LogP contribution in [0.1, 0.15) is 41.7 Å². The lowest BCUT2D eigenvalue weighted by Crippen LogP contribution is -2.49. The molecule has 0 unspecified atom stereocenters. The normalized spacial score (nSPS) is 22.1. The lowest BCUT2D eigenvalue weighted by molar-refractivity contribution is 0.0930. The molecule has 1 saturated carbocycles. The molecule has 0 bridgehead atoms. The van der Waals surface area contributed by atoms with Crippen LogP contribution in [0.15, 0.2) is 40.7 Å². The zero-order valence-corrected chi connectivity index (χ0v) is 16.5. The van der Waals surface area contributed by atoms with Gasteiger partial charge in [0.25, 0.3) is 5.91 Å². The smallest absolute Gasteiger partial charge is 0.272 e. The standard InChI is InChI=1S/C19H23N7OS/c1-21-18(23-13-20)24-15-7-9-19(10-8-15,14-5-3-2-4-6-14)12-22-17(27)16-11-28-26-25-16/h2-6,11,15H,7-10,12H2,1H3,(H,22,27)(H2,21,23,24)/t15-,19-. The minimum Gasteiger partial charge on any atom is -0.359 e. The van der Waals surface area contributed by atoms with Crippen LogP contribution in [-0.2, 0) is 5.41 Å². The molecule has 8 nitrogen and oxygen atoms in total. The summed E-state index contributed by atoms with van der Waals surface area (Å²) >= 11 is 1.17. The molecule has 0 spiro atoms. The Morgan fingerprint density at radius 2 is 2.11 bits per heavy atom. The lowest BCUT2D eigenvalue weighted by Gasteiger charge is -2.41. The van der Waals surface area contributed by atoms with Gasteiger partial charge in [-0.3, -0.25) is 4.79 Å². The average Bonchev–Trinajstić information content (AvgIpc) is 3.28. The molecular formula is C19H23N7OS. The first-order valence-electron chi connectivity index (χ1n) is 9.19. The molecule has 1 aliphatic rings. The third kappa shape index (κ3) is 4.64. The molecule has 146 valence electrons. The van der Waals surface area contributed by atoms with E-state index in [0.717, 1.165) is 25.7 Å². The zero-order chi connectivity index (χ0) is 19.8. The van der Waals surface area contributed by atoms with Crippen molar-refractivity contribution in [2.45, 2.75) is 37.1 Å². The van der Waals surface area contributed by atoms with E-state index >= 15 is 0 Å². The molecule has 0 saturated heterocycles. The molecule has 1 aliphatic carbocycles. The van der Waals surface area contributed by atoms with Crippen molar-refractivity contribution < 1.29 is 4.79 Å². The van der Waals surface area contributed by atoms with Crippen molar-refractivity contribution in [2.24, 2.45) is 4.99 Å². The van der Waals surface area contributed by atoms with Gasteiger partial charge in [-0.05, 0) is 42.8 Å². The Hall–Kier alpha value is -2.99. The van der Waals surface area contributed by atoms with Gasteiger partial charge < -0.3 is 16.0 Å². The maximum Gasteiger partial charge on any atom is 0.272 e. The Balaban J connectivity index is 1.70. The summed E-state index contributed by atoms with van der Waals surface area (Å²) in [5.74, 6) is 0.298. The van der Waals surface area contributed by atoms with Gasteiger partial charge in [-0.25, -0.2) is 0 Å². The van der Waals surface area contributed by atoms with Gasteiger partial charge in [0.15, 0.2) is 5.69 Å². The quantitative estimate of drug-likeness (QED) is 0.403. The first-order valence-corrected chi connectivity index (χ1v) is 10.0. The highest BCUT2D eigenvalue weighted by Crippen LogP contribution is 2.39. The van der Waals surface area contributed by atoms with Crippen LogP contribution in [0.25, 0.3) is 0 Å². The SMILES string of the molecule is CN/C(=N\C#N)N[C@H]1CC[C@](CNC(=O)c2csnn2)(c2ccccc2)CC1. The topological polar surface area (TPSA) is 115 Å². The second-order valence-corrected chi connectivity index (χ2v) is 7.46. The first kappa shape index (κ1) is 19.8. The molecule has 0 aliphatic heterocycles. The minimum absolute atomic E-state index is 0.134. The van der Waals surface area contributed by atoms with Gasteiger partial charge in [0.1, 0.15) is 0 Å². The van der Waals surface area contributed by atoms with E-state index in [1.54, 1.807) is 18.6 Å². The number of rotatable bonds is 5. The minimum atomic E-state index is -0.192. The molecule has 1 amide bonds. The highest BCUT2D eigenvalue weighted by atomic mass is 32.1. The maximum absolute atomic E-state index is 12.4. The van der Waals surface area contributed by atoms with E-state index in [9.17, 15) is 4.79 Å². The van der Waals surface area contributed by atoms with Crippen molar-refractivity contribution in [1.82, 2.24) is 25.5 Å². The van der Waals surface area contributed by atoms with Crippen molar-refractivity contribution in [1.29, 1.82) is 5.26 Å². The molecule has 0 atom stereocenters. The van der Waals surface area contributed by atoms with E-state index in [1.165, 1.54) is 17.1 Å². The Labute approximate surface area is 168 Å². The van der Waals surface area contributed by atoms with Gasteiger partial charge in [0, 0.05) is 30.4 Å². The summed E-state index contributed by atoms with van der Waals surface area (Å²) in [6.07, 6.45) is 5.45. The van der Waals surface area contributed by atoms with E-state index in [1.807, 2.05) is 18.2 Å². The number of carbonyl (C=O) groups is 1. The fraction of sp³-hybridized carbons (Fsp3) is 0.421. The number of carbonyl (C=O) groups excluding carboxylic acids is 1. The van der Waals surface area contributed by atoms with Crippen LogP contribution in [0.3, 0.4) is 0 Å². The van der Waals surface area contributed by atoms with Crippen LogP contribution in [0, 0.1) is 11.5 Å². The van der Waals surface area contributed by atoms with Crippen LogP contribution >= 0.6 is 11.5 Å². The number of nitrogens with zero attached hydrogens (tertiary/aromatic N) is 4. The number of amides is 1. The highest BCUT2D eigenvalue weighted by Gasteiger charge is 2.37. The van der Waals surface area contributed by atoms with Crippen LogP contribution in [0.2, 0.25) is 0 Å². The molecule has 3 N–H and O–H groups in total. The molecule has 0 radical (unpaired) electrons. The van der Waals surface area contributed by atoms with Gasteiger partial charge in [-0.2, -0.15) is 5.26 Å². The average molecular weight is 398 g/mol. The predicted octanol–water partition coefficient (Wildman–Crippen LogP) is 1.79. The molecule has 1 heterocycles. The fourth-order valence-corrected chi connectivity index (χ4v) is 4.12. The predicted molar refractivity (Wildman–Crippen MR) is 108 cm³/mol. The van der Waals surface area contributed by atoms with Crippen LogP contribution < -0.4 is 16.0 Å². The van der Waals surface area contributed by atoms with E-state index in [-0.39, 0.29) is 17.4 Å². The molecule has 28 heavy (non-hydrogen) atoms. The van der Waals surface area contributed by atoms with Gasteiger partial charge in [-0.1, -0.05) is 34.8 Å². The van der Waals surface area contributed by atoms with Gasteiger partial charge >= 0.3 is 0 Å². The molecule has 9 heteroatoms. The number of aromatic nitrogens is 2. The van der Waals surface area contributed by atoms with Gasteiger partial charge in [0.2, 0.25) is 12.2 Å². The van der Waals surface area contributed by atoms with Crippen molar-refractivity contribution in [3.63, 3.8) is 0 Å². The summed E-state index contributed by atoms with van der Waals surface area (Å²) in [5.41, 5.74) is 1.45. The van der Waals surface area contributed by atoms with Crippen molar-refractivity contribution in [3.8, 4) is 6.19 Å². The number of aliphatic imine (C=N–C) groups is 1. The zero-order valence-electron chi connectivity index (χ0n) is 15.7. The Morgan fingerprint density at radius 1 is 1.36 bits per heavy atom. The van der Waals surface area contributed by atoms with E-state index in [4.69, 9.17) is 5.26 Å². The fourth-order valence-electron chi connectivity index (χ4n) is 3.68. The summed E-state index contributed by atoms with van der Waals surface area (Å²) in [5, 5.41) is 23.5. The Bertz CT molecular complexity index is 837. The molecule has 1 aromatic heterocycles. The van der Waals surface area contributed by atoms with Gasteiger partial charge in [-0.15, -0.1) is 10.1 Å². The van der Waals surface area contributed by atoms with Crippen molar-refractivity contribution in [2.75, 3.05) is 13.6 Å². The molecule has 1 fully saturated rings. The summed E-state index contributed by atoms with van der Waals surface area (Å²) in [7, 11) is 1.74. The number of nitrogens with one attached hydrogen (secondary N) is 3. The van der Waals surface area contributed by atoms with E-state index in [0.29, 0.717) is 18.2 Å². The second kappa shape index (κ2) is 9.28. The molecule has 1 aromatic carbocycles. The second-order valence-electron chi connectivity index (χ2n) is 6.85. The highest BCUT2D eigenvalue weighted by molar-refractivity contribution is 7.03. The number of guanidine groups is 1. The molecule has 3 rings (SSSR count). The molecule has 2 aromatic rings. The lowest BCUT2D eigenvalue weighted by atomic mass is 9.68. The first-order chi connectivity index (χ1) is 13.7. The van der Waals surface area contributed by atoms with E-state index in [2.05, 4.69) is 42.7 Å². The molecular weight excluding hydrogens is 374 g/mol. The van der Waals surface area contributed by atoms with Crippen LogP contribution in [-0.4, -0.2) is 41.1 Å². The summed E-state index contributed by atoms with van der Waals surface area (Å²) in [4.78, 5) is 16.1. The number of hydrogen-bond donors (Lipinski definition) is 3. The maximum atomic E-state index is 12.4. The van der Waals surface area contributed by atoms with Crippen LogP contribution in [0.4, 0.5) is 0 Å². The number of nitriles is 1. The third-order valence-corrected chi connectivity index (χ3v) is 5.75. The summed E-state index contributed by atoms with van der Waals surface area (Å²) < 4.78 is 3.76. The number of benzene rings is 1. The Morgan fingerprint density at radius 3 is 2.71 bits per heavy atom. The summed E-state index contributed by atoms with van der Waals surface area (Å²) in [6.45, 7) is 0.547. The third-order valence-electron chi connectivity index (χ3n) is 5.25. The monoisotopic (exact) mass is 397 g/mol. The summed E-state index contributed by atoms with van der Waals surface area (Å²) in [6, 6.07) is 10.6. The van der Waals surface area contributed by atoms with Crippen molar-refractivity contribution >= 4 is 23.4 Å². The largest absolute Gasteiger partial charge is 0.359 e. The van der Waals surface area contributed by atoms with Crippen molar-refractivity contribution in [3.05, 3.63) is 47.0 Å². The van der Waals surface area contributed by atoms with Gasteiger partial charge in [0.05, 0.1) is 0 Å². The van der Waals surface area contributed by atoms with E-state index < -0.39 is 0 Å². The van der Waals surface area contributed by atoms with Crippen LogP contribution in [0.5, 0.6) is 0 Å². The Kier molecular flexibility index (Phi) is 6.55.